The third kappa shape index (κ3) is 3.74. The van der Waals surface area contributed by atoms with E-state index in [0.717, 1.165) is 11.5 Å². The summed E-state index contributed by atoms with van der Waals surface area (Å²) in [6.45, 7) is 3.45. The van der Waals surface area contributed by atoms with E-state index < -0.39 is 0 Å². The maximum Gasteiger partial charge on any atom is 0.227 e. The van der Waals surface area contributed by atoms with Gasteiger partial charge in [-0.05, 0) is 31.3 Å². The van der Waals surface area contributed by atoms with Gasteiger partial charge in [-0.2, -0.15) is 0 Å². The lowest BCUT2D eigenvalue weighted by Gasteiger charge is -2.24. The number of carbonyl (C=O) groups excluding carboxylic acids is 1. The molecule has 0 aliphatic heterocycles. The van der Waals surface area contributed by atoms with Crippen molar-refractivity contribution in [3.8, 4) is 0 Å². The van der Waals surface area contributed by atoms with Crippen LogP contribution < -0.4 is 5.32 Å². The molecule has 1 atom stereocenters. The van der Waals surface area contributed by atoms with Crippen LogP contribution in [0.25, 0.3) is 0 Å². The Morgan fingerprint density at radius 2 is 1.75 bits per heavy atom. The molecule has 0 aliphatic carbocycles. The van der Waals surface area contributed by atoms with Crippen molar-refractivity contribution in [2.75, 3.05) is 13.6 Å². The first-order valence-corrected chi connectivity index (χ1v) is 6.69. The fourth-order valence-corrected chi connectivity index (χ4v) is 2.10. The van der Waals surface area contributed by atoms with Crippen LogP contribution in [0.3, 0.4) is 0 Å². The van der Waals surface area contributed by atoms with Gasteiger partial charge in [-0.15, -0.1) is 0 Å². The van der Waals surface area contributed by atoms with Gasteiger partial charge in [-0.1, -0.05) is 6.92 Å². The standard InChI is InChI=1S/C15H20N2O3/c1-12(9-16-2)15(18)17(10-13-5-3-7-19-13)11-14-6-4-8-20-14/h3-8,12,16H,9-11H2,1-2H3. The van der Waals surface area contributed by atoms with E-state index in [1.54, 1.807) is 17.4 Å². The van der Waals surface area contributed by atoms with Crippen LogP contribution in [-0.2, 0) is 17.9 Å². The average molecular weight is 276 g/mol. The molecular weight excluding hydrogens is 256 g/mol. The molecule has 2 aromatic heterocycles. The first-order chi connectivity index (χ1) is 9.70. The number of rotatable bonds is 7. The normalized spacial score (nSPS) is 12.3. The van der Waals surface area contributed by atoms with E-state index >= 15 is 0 Å². The number of hydrogen-bond acceptors (Lipinski definition) is 4. The zero-order valence-corrected chi connectivity index (χ0v) is 11.8. The minimum absolute atomic E-state index is 0.0761. The van der Waals surface area contributed by atoms with Crippen LogP contribution in [0.15, 0.2) is 45.6 Å². The number of hydrogen-bond donors (Lipinski definition) is 1. The Bertz CT molecular complexity index is 469. The summed E-state index contributed by atoms with van der Waals surface area (Å²) >= 11 is 0. The molecule has 1 N–H and O–H groups in total. The molecule has 0 aliphatic rings. The predicted octanol–water partition coefficient (Wildman–Crippen LogP) is 2.26. The van der Waals surface area contributed by atoms with Gasteiger partial charge in [-0.3, -0.25) is 4.79 Å². The maximum atomic E-state index is 12.5. The molecule has 1 unspecified atom stereocenters. The largest absolute Gasteiger partial charge is 0.467 e. The highest BCUT2D eigenvalue weighted by molar-refractivity contribution is 5.78. The molecule has 0 radical (unpaired) electrons. The van der Waals surface area contributed by atoms with Gasteiger partial charge in [0.2, 0.25) is 5.91 Å². The lowest BCUT2D eigenvalue weighted by Crippen LogP contribution is -2.37. The van der Waals surface area contributed by atoms with E-state index in [0.29, 0.717) is 19.6 Å². The lowest BCUT2D eigenvalue weighted by atomic mass is 10.1. The van der Waals surface area contributed by atoms with E-state index in [2.05, 4.69) is 5.32 Å². The molecule has 5 heteroatoms. The fraction of sp³-hybridized carbons (Fsp3) is 0.400. The first kappa shape index (κ1) is 14.4. The van der Waals surface area contributed by atoms with Crippen LogP contribution in [0.4, 0.5) is 0 Å². The smallest absolute Gasteiger partial charge is 0.227 e. The molecule has 2 rings (SSSR count). The molecule has 0 bridgehead atoms. The van der Waals surface area contributed by atoms with E-state index in [9.17, 15) is 4.79 Å². The summed E-state index contributed by atoms with van der Waals surface area (Å²) < 4.78 is 10.7. The summed E-state index contributed by atoms with van der Waals surface area (Å²) in [7, 11) is 1.84. The molecule has 0 saturated carbocycles. The van der Waals surface area contributed by atoms with Gasteiger partial charge in [-0.25, -0.2) is 0 Å². The van der Waals surface area contributed by atoms with Crippen molar-refractivity contribution in [3.05, 3.63) is 48.3 Å². The van der Waals surface area contributed by atoms with Crippen molar-refractivity contribution < 1.29 is 13.6 Å². The van der Waals surface area contributed by atoms with Crippen molar-refractivity contribution in [1.82, 2.24) is 10.2 Å². The minimum atomic E-state index is -0.0927. The summed E-state index contributed by atoms with van der Waals surface area (Å²) in [5, 5.41) is 3.03. The summed E-state index contributed by atoms with van der Waals surface area (Å²) in [6, 6.07) is 7.38. The van der Waals surface area contributed by atoms with Crippen LogP contribution in [0.5, 0.6) is 0 Å². The Hall–Kier alpha value is -2.01. The van der Waals surface area contributed by atoms with Gasteiger partial charge < -0.3 is 19.1 Å². The van der Waals surface area contributed by atoms with Crippen molar-refractivity contribution >= 4 is 5.91 Å². The van der Waals surface area contributed by atoms with Crippen LogP contribution in [-0.4, -0.2) is 24.4 Å². The van der Waals surface area contributed by atoms with Gasteiger partial charge in [0, 0.05) is 12.5 Å². The van der Waals surface area contributed by atoms with Gasteiger partial charge in [0.05, 0.1) is 25.6 Å². The van der Waals surface area contributed by atoms with Gasteiger partial charge in [0.15, 0.2) is 0 Å². The van der Waals surface area contributed by atoms with Crippen LogP contribution in [0.1, 0.15) is 18.4 Å². The van der Waals surface area contributed by atoms with Crippen molar-refractivity contribution in [2.45, 2.75) is 20.0 Å². The minimum Gasteiger partial charge on any atom is -0.467 e. The molecule has 2 aromatic rings. The Morgan fingerprint density at radius 1 is 1.20 bits per heavy atom. The van der Waals surface area contributed by atoms with Crippen molar-refractivity contribution in [3.63, 3.8) is 0 Å². The molecular formula is C15H20N2O3. The number of nitrogens with zero attached hydrogens (tertiary/aromatic N) is 1. The Morgan fingerprint density at radius 3 is 2.15 bits per heavy atom. The highest BCUT2D eigenvalue weighted by Gasteiger charge is 2.22. The second-order valence-electron chi connectivity index (χ2n) is 4.81. The summed E-state index contributed by atoms with van der Waals surface area (Å²) in [5.74, 6) is 1.51. The molecule has 1 amide bonds. The zero-order chi connectivity index (χ0) is 14.4. The monoisotopic (exact) mass is 276 g/mol. The van der Waals surface area contributed by atoms with Crippen molar-refractivity contribution in [1.29, 1.82) is 0 Å². The Labute approximate surface area is 118 Å². The van der Waals surface area contributed by atoms with Crippen LogP contribution in [0.2, 0.25) is 0 Å². The maximum absolute atomic E-state index is 12.5. The topological polar surface area (TPSA) is 58.6 Å². The predicted molar refractivity (Wildman–Crippen MR) is 74.8 cm³/mol. The molecule has 2 heterocycles. The van der Waals surface area contributed by atoms with Gasteiger partial charge in [0.1, 0.15) is 11.5 Å². The summed E-state index contributed by atoms with van der Waals surface area (Å²) in [6.07, 6.45) is 3.23. The summed E-state index contributed by atoms with van der Waals surface area (Å²) in [4.78, 5) is 14.2. The quantitative estimate of drug-likeness (QED) is 0.842. The SMILES string of the molecule is CNCC(C)C(=O)N(Cc1ccco1)Cc1ccco1. The van der Waals surface area contributed by atoms with Gasteiger partial charge >= 0.3 is 0 Å². The second kappa shape index (κ2) is 6.96. The second-order valence-corrected chi connectivity index (χ2v) is 4.81. The van der Waals surface area contributed by atoms with Crippen LogP contribution >= 0.6 is 0 Å². The highest BCUT2D eigenvalue weighted by Crippen LogP contribution is 2.14. The number of nitrogens with one attached hydrogen (secondary N) is 1. The molecule has 0 spiro atoms. The molecule has 0 aromatic carbocycles. The molecule has 0 fully saturated rings. The molecule has 0 saturated heterocycles. The molecule has 5 nitrogen and oxygen atoms in total. The van der Waals surface area contributed by atoms with Crippen molar-refractivity contribution in [2.24, 2.45) is 5.92 Å². The van der Waals surface area contributed by atoms with E-state index in [1.165, 1.54) is 0 Å². The Kier molecular flexibility index (Phi) is 5.01. The fourth-order valence-electron chi connectivity index (χ4n) is 2.10. The third-order valence-electron chi connectivity index (χ3n) is 3.10. The summed E-state index contributed by atoms with van der Waals surface area (Å²) in [5.41, 5.74) is 0. The Balaban J connectivity index is 2.08. The lowest BCUT2D eigenvalue weighted by molar-refractivity contribution is -0.136. The van der Waals surface area contributed by atoms with Gasteiger partial charge in [0.25, 0.3) is 0 Å². The third-order valence-corrected chi connectivity index (χ3v) is 3.10. The average Bonchev–Trinajstić information content (AvgIpc) is 3.10. The molecule has 20 heavy (non-hydrogen) atoms. The number of furan rings is 2. The first-order valence-electron chi connectivity index (χ1n) is 6.69. The van der Waals surface area contributed by atoms with E-state index in [1.807, 2.05) is 38.2 Å². The number of carbonyl (C=O) groups is 1. The van der Waals surface area contributed by atoms with E-state index in [4.69, 9.17) is 8.83 Å². The number of amides is 1. The van der Waals surface area contributed by atoms with Crippen LogP contribution in [0, 0.1) is 5.92 Å². The zero-order valence-electron chi connectivity index (χ0n) is 11.8. The highest BCUT2D eigenvalue weighted by atomic mass is 16.3. The molecule has 108 valence electrons. The van der Waals surface area contributed by atoms with E-state index in [-0.39, 0.29) is 11.8 Å².